The van der Waals surface area contributed by atoms with Crippen molar-refractivity contribution in [3.8, 4) is 0 Å². The van der Waals surface area contributed by atoms with Crippen LogP contribution in [0.3, 0.4) is 0 Å². The number of aryl methyl sites for hydroxylation is 3. The van der Waals surface area contributed by atoms with Crippen molar-refractivity contribution >= 4 is 11.6 Å². The Morgan fingerprint density at radius 3 is 2.68 bits per heavy atom. The monoisotopic (exact) mass is 281 g/mol. The molecule has 0 bridgehead atoms. The van der Waals surface area contributed by atoms with Gasteiger partial charge in [0.25, 0.3) is 0 Å². The minimum Gasteiger partial charge on any atom is -0.337 e. The highest BCUT2D eigenvalue weighted by atomic mass is 35.5. The molecule has 0 saturated carbocycles. The third-order valence-corrected chi connectivity index (χ3v) is 3.73. The third-order valence-electron chi connectivity index (χ3n) is 3.30. The van der Waals surface area contributed by atoms with Crippen LogP contribution in [0.1, 0.15) is 37.1 Å². The van der Waals surface area contributed by atoms with Gasteiger partial charge in [0.2, 0.25) is 0 Å². The quantitative estimate of drug-likeness (QED) is 0.913. The topological polar surface area (TPSA) is 61.7 Å². The van der Waals surface area contributed by atoms with Crippen molar-refractivity contribution in [2.75, 3.05) is 0 Å². The first kappa shape index (κ1) is 14.1. The molecule has 0 aliphatic carbocycles. The zero-order chi connectivity index (χ0) is 14.0. The van der Waals surface area contributed by atoms with Gasteiger partial charge in [-0.1, -0.05) is 18.5 Å². The van der Waals surface area contributed by atoms with Gasteiger partial charge in [0, 0.05) is 32.4 Å². The van der Waals surface area contributed by atoms with E-state index in [2.05, 4.69) is 23.9 Å². The molecular formula is C13H20ClN5. The van der Waals surface area contributed by atoms with Gasteiger partial charge in [-0.25, -0.2) is 4.98 Å². The molecule has 0 radical (unpaired) electrons. The van der Waals surface area contributed by atoms with Crippen LogP contribution in [-0.4, -0.2) is 19.3 Å². The van der Waals surface area contributed by atoms with Crippen molar-refractivity contribution in [2.45, 2.75) is 39.3 Å². The third kappa shape index (κ3) is 2.67. The lowest BCUT2D eigenvalue weighted by molar-refractivity contribution is 0.564. The van der Waals surface area contributed by atoms with Crippen molar-refractivity contribution in [1.29, 1.82) is 0 Å². The predicted molar refractivity (Wildman–Crippen MR) is 76.1 cm³/mol. The Hall–Kier alpha value is -1.33. The maximum Gasteiger partial charge on any atom is 0.125 e. The molecule has 19 heavy (non-hydrogen) atoms. The predicted octanol–water partition coefficient (Wildman–Crippen LogP) is 2.09. The number of nitrogens with two attached hydrogens (primary N) is 1. The van der Waals surface area contributed by atoms with E-state index in [0.29, 0.717) is 6.42 Å². The summed E-state index contributed by atoms with van der Waals surface area (Å²) in [5.41, 5.74) is 8.16. The first-order valence-electron chi connectivity index (χ1n) is 6.55. The summed E-state index contributed by atoms with van der Waals surface area (Å²) in [7, 11) is 1.94. The lowest BCUT2D eigenvalue weighted by Gasteiger charge is -2.13. The fourth-order valence-corrected chi connectivity index (χ4v) is 2.59. The van der Waals surface area contributed by atoms with E-state index in [9.17, 15) is 0 Å². The summed E-state index contributed by atoms with van der Waals surface area (Å²) in [5.74, 6) is 0.859. The Labute approximate surface area is 118 Å². The van der Waals surface area contributed by atoms with Gasteiger partial charge in [0.15, 0.2) is 0 Å². The summed E-state index contributed by atoms with van der Waals surface area (Å²) < 4.78 is 3.87. The minimum atomic E-state index is -0.177. The van der Waals surface area contributed by atoms with E-state index >= 15 is 0 Å². The molecule has 0 fully saturated rings. The van der Waals surface area contributed by atoms with Crippen LogP contribution in [0, 0.1) is 0 Å². The first-order chi connectivity index (χ1) is 9.08. The van der Waals surface area contributed by atoms with Gasteiger partial charge in [-0.2, -0.15) is 5.10 Å². The van der Waals surface area contributed by atoms with Crippen LogP contribution in [-0.2, 0) is 26.4 Å². The SMILES string of the molecule is CCc1nn(CC)c(CC(N)c2nccn2C)c1Cl. The van der Waals surface area contributed by atoms with E-state index in [0.717, 1.165) is 35.2 Å². The molecule has 0 aromatic carbocycles. The molecule has 0 spiro atoms. The Morgan fingerprint density at radius 1 is 1.42 bits per heavy atom. The van der Waals surface area contributed by atoms with Gasteiger partial charge in [-0.15, -0.1) is 0 Å². The van der Waals surface area contributed by atoms with E-state index in [1.54, 1.807) is 6.20 Å². The largest absolute Gasteiger partial charge is 0.337 e. The zero-order valence-electron chi connectivity index (χ0n) is 11.6. The standard InChI is InChI=1S/C13H20ClN5/c1-4-10-12(14)11(19(5-2)17-10)8-9(15)13-16-6-7-18(13)3/h6-7,9H,4-5,8,15H2,1-3H3. The molecule has 0 amide bonds. The van der Waals surface area contributed by atoms with Crippen LogP contribution >= 0.6 is 11.6 Å². The molecule has 2 aromatic heterocycles. The summed E-state index contributed by atoms with van der Waals surface area (Å²) in [6.07, 6.45) is 5.12. The van der Waals surface area contributed by atoms with Gasteiger partial charge in [-0.05, 0) is 13.3 Å². The summed E-state index contributed by atoms with van der Waals surface area (Å²) in [6.45, 7) is 4.90. The molecular weight excluding hydrogens is 262 g/mol. The number of imidazole rings is 1. The molecule has 6 heteroatoms. The maximum atomic E-state index is 6.39. The second-order valence-corrected chi connectivity index (χ2v) is 4.96. The average Bonchev–Trinajstić information content (AvgIpc) is 2.95. The number of hydrogen-bond donors (Lipinski definition) is 1. The highest BCUT2D eigenvalue weighted by Crippen LogP contribution is 2.25. The van der Waals surface area contributed by atoms with Gasteiger partial charge in [0.05, 0.1) is 22.5 Å². The second kappa shape index (κ2) is 5.75. The summed E-state index contributed by atoms with van der Waals surface area (Å²) in [4.78, 5) is 4.29. The summed E-state index contributed by atoms with van der Waals surface area (Å²) >= 11 is 6.39. The number of aromatic nitrogens is 4. The van der Waals surface area contributed by atoms with Crippen LogP contribution in [0.2, 0.25) is 5.02 Å². The summed E-state index contributed by atoms with van der Waals surface area (Å²) in [6, 6.07) is -0.177. The van der Waals surface area contributed by atoms with E-state index in [1.807, 2.05) is 22.5 Å². The number of halogens is 1. The molecule has 0 aliphatic heterocycles. The van der Waals surface area contributed by atoms with Gasteiger partial charge < -0.3 is 10.3 Å². The second-order valence-electron chi connectivity index (χ2n) is 4.58. The van der Waals surface area contributed by atoms with Crippen molar-refractivity contribution in [2.24, 2.45) is 12.8 Å². The first-order valence-corrected chi connectivity index (χ1v) is 6.93. The lowest BCUT2D eigenvalue weighted by atomic mass is 10.1. The summed E-state index contributed by atoms with van der Waals surface area (Å²) in [5, 5.41) is 5.25. The maximum absolute atomic E-state index is 6.39. The number of rotatable bonds is 5. The Morgan fingerprint density at radius 2 is 2.16 bits per heavy atom. The molecule has 2 heterocycles. The van der Waals surface area contributed by atoms with Crippen LogP contribution in [0.25, 0.3) is 0 Å². The van der Waals surface area contributed by atoms with Crippen LogP contribution in [0.4, 0.5) is 0 Å². The molecule has 0 saturated heterocycles. The van der Waals surface area contributed by atoms with E-state index in [-0.39, 0.29) is 6.04 Å². The Kier molecular flexibility index (Phi) is 4.27. The van der Waals surface area contributed by atoms with E-state index < -0.39 is 0 Å². The molecule has 1 unspecified atom stereocenters. The van der Waals surface area contributed by atoms with Crippen LogP contribution in [0.15, 0.2) is 12.4 Å². The molecule has 104 valence electrons. The highest BCUT2D eigenvalue weighted by molar-refractivity contribution is 6.31. The van der Waals surface area contributed by atoms with E-state index in [4.69, 9.17) is 17.3 Å². The van der Waals surface area contributed by atoms with Crippen molar-refractivity contribution in [1.82, 2.24) is 19.3 Å². The van der Waals surface area contributed by atoms with Gasteiger partial charge >= 0.3 is 0 Å². The number of nitrogens with zero attached hydrogens (tertiary/aromatic N) is 4. The normalized spacial score (nSPS) is 12.9. The smallest absolute Gasteiger partial charge is 0.125 e. The lowest BCUT2D eigenvalue weighted by Crippen LogP contribution is -2.19. The molecule has 0 aliphatic rings. The minimum absolute atomic E-state index is 0.177. The molecule has 2 aromatic rings. The van der Waals surface area contributed by atoms with Crippen LogP contribution in [0.5, 0.6) is 0 Å². The van der Waals surface area contributed by atoms with Crippen LogP contribution < -0.4 is 5.73 Å². The van der Waals surface area contributed by atoms with Gasteiger partial charge in [-0.3, -0.25) is 4.68 Å². The molecule has 5 nitrogen and oxygen atoms in total. The highest BCUT2D eigenvalue weighted by Gasteiger charge is 2.19. The Bertz CT molecular complexity index is 557. The zero-order valence-corrected chi connectivity index (χ0v) is 12.4. The number of hydrogen-bond acceptors (Lipinski definition) is 3. The molecule has 1 atom stereocenters. The fourth-order valence-electron chi connectivity index (χ4n) is 2.25. The van der Waals surface area contributed by atoms with Crippen molar-refractivity contribution in [3.05, 3.63) is 34.6 Å². The van der Waals surface area contributed by atoms with Crippen molar-refractivity contribution in [3.63, 3.8) is 0 Å². The van der Waals surface area contributed by atoms with E-state index in [1.165, 1.54) is 0 Å². The Balaban J connectivity index is 2.28. The van der Waals surface area contributed by atoms with Gasteiger partial charge in [0.1, 0.15) is 5.82 Å². The average molecular weight is 282 g/mol. The molecule has 2 N–H and O–H groups in total. The van der Waals surface area contributed by atoms with Crippen molar-refractivity contribution < 1.29 is 0 Å². The molecule has 2 rings (SSSR count). The fraction of sp³-hybridized carbons (Fsp3) is 0.538.